The van der Waals surface area contributed by atoms with Gasteiger partial charge in [0, 0.05) is 13.1 Å². The maximum Gasteiger partial charge on any atom is 0.00159 e. The van der Waals surface area contributed by atoms with Crippen LogP contribution in [0.2, 0.25) is 0 Å². The molecule has 0 bridgehead atoms. The van der Waals surface area contributed by atoms with Crippen LogP contribution in [0.1, 0.15) is 35.8 Å². The minimum Gasteiger partial charge on any atom is -0.306 e. The van der Waals surface area contributed by atoms with Crippen LogP contribution in [0, 0.1) is 11.8 Å². The predicted molar refractivity (Wildman–Crippen MR) is 92.1 cm³/mol. The summed E-state index contributed by atoms with van der Waals surface area (Å²) < 4.78 is 0. The van der Waals surface area contributed by atoms with Gasteiger partial charge in [-0.2, -0.15) is 0 Å². The summed E-state index contributed by atoms with van der Waals surface area (Å²) in [6, 6.07) is 22.4. The van der Waals surface area contributed by atoms with Crippen LogP contribution >= 0.6 is 0 Å². The molecule has 2 aromatic rings. The number of benzene rings is 2. The monoisotopic (exact) mass is 291 g/mol. The van der Waals surface area contributed by atoms with Crippen LogP contribution in [-0.2, 0) is 0 Å². The van der Waals surface area contributed by atoms with Gasteiger partial charge in [0.2, 0.25) is 0 Å². The number of hydrogen-bond donors (Lipinski definition) is 0. The van der Waals surface area contributed by atoms with Crippen LogP contribution in [0.15, 0.2) is 60.7 Å². The van der Waals surface area contributed by atoms with Gasteiger partial charge in [-0.05, 0) is 54.7 Å². The molecule has 0 radical (unpaired) electrons. The van der Waals surface area contributed by atoms with E-state index in [4.69, 9.17) is 0 Å². The summed E-state index contributed by atoms with van der Waals surface area (Å²) >= 11 is 0. The van der Waals surface area contributed by atoms with Crippen LogP contribution in [0.5, 0.6) is 0 Å². The summed E-state index contributed by atoms with van der Waals surface area (Å²) in [5, 5.41) is 0. The fraction of sp³-hybridized carbons (Fsp3) is 0.429. The summed E-state index contributed by atoms with van der Waals surface area (Å²) in [6.07, 6.45) is 2.66. The van der Waals surface area contributed by atoms with Crippen LogP contribution in [0.3, 0.4) is 0 Å². The number of hydrogen-bond acceptors (Lipinski definition) is 1. The van der Waals surface area contributed by atoms with E-state index in [2.05, 4.69) is 72.6 Å². The van der Waals surface area contributed by atoms with Crippen molar-refractivity contribution in [3.63, 3.8) is 0 Å². The molecule has 0 amide bonds. The second-order valence-electron chi connectivity index (χ2n) is 7.16. The Morgan fingerprint density at radius 2 is 1.09 bits per heavy atom. The molecule has 2 aromatic carbocycles. The highest BCUT2D eigenvalue weighted by Gasteiger charge is 2.44. The fourth-order valence-corrected chi connectivity index (χ4v) is 4.93. The van der Waals surface area contributed by atoms with Crippen molar-refractivity contribution < 1.29 is 0 Å². The SMILES string of the molecule is CN1C[C@@H]2[C@H](C1)[C@H](c1ccccc1)CC[C@@H]2c1ccccc1. The molecule has 2 fully saturated rings. The summed E-state index contributed by atoms with van der Waals surface area (Å²) in [5.74, 6) is 3.12. The quantitative estimate of drug-likeness (QED) is 0.786. The predicted octanol–water partition coefficient (Wildman–Crippen LogP) is 4.53. The molecule has 1 nitrogen and oxygen atoms in total. The zero-order valence-corrected chi connectivity index (χ0v) is 13.4. The fourth-order valence-electron chi connectivity index (χ4n) is 4.93. The number of fused-ring (bicyclic) bond motifs is 1. The summed E-state index contributed by atoms with van der Waals surface area (Å²) in [5.41, 5.74) is 3.11. The van der Waals surface area contributed by atoms with E-state index in [0.717, 1.165) is 23.7 Å². The van der Waals surface area contributed by atoms with Crippen molar-refractivity contribution in [2.24, 2.45) is 11.8 Å². The average Bonchev–Trinajstić information content (AvgIpc) is 2.97. The van der Waals surface area contributed by atoms with Gasteiger partial charge in [-0.3, -0.25) is 0 Å². The molecule has 0 spiro atoms. The molecular formula is C21H25N. The Hall–Kier alpha value is -1.60. The van der Waals surface area contributed by atoms with Gasteiger partial charge >= 0.3 is 0 Å². The van der Waals surface area contributed by atoms with Gasteiger partial charge in [0.25, 0.3) is 0 Å². The lowest BCUT2D eigenvalue weighted by molar-refractivity contribution is 0.223. The second kappa shape index (κ2) is 5.89. The number of likely N-dealkylation sites (tertiary alicyclic amines) is 1. The second-order valence-corrected chi connectivity index (χ2v) is 7.16. The van der Waals surface area contributed by atoms with E-state index in [9.17, 15) is 0 Å². The lowest BCUT2D eigenvalue weighted by atomic mass is 9.64. The molecule has 1 heteroatoms. The molecule has 114 valence electrons. The molecular weight excluding hydrogens is 266 g/mol. The largest absolute Gasteiger partial charge is 0.306 e. The maximum absolute atomic E-state index is 2.55. The molecule has 1 saturated heterocycles. The molecule has 0 N–H and O–H groups in total. The maximum atomic E-state index is 2.55. The van der Waals surface area contributed by atoms with Crippen molar-refractivity contribution in [2.45, 2.75) is 24.7 Å². The molecule has 4 atom stereocenters. The highest BCUT2D eigenvalue weighted by molar-refractivity contribution is 5.27. The minimum absolute atomic E-state index is 0.746. The summed E-state index contributed by atoms with van der Waals surface area (Å²) in [6.45, 7) is 2.52. The van der Waals surface area contributed by atoms with Gasteiger partial charge in [0.1, 0.15) is 0 Å². The van der Waals surface area contributed by atoms with E-state index >= 15 is 0 Å². The Kier molecular flexibility index (Phi) is 3.75. The molecule has 1 aliphatic carbocycles. The average molecular weight is 291 g/mol. The van der Waals surface area contributed by atoms with Gasteiger partial charge in [-0.1, -0.05) is 60.7 Å². The Labute approximate surface area is 134 Å². The molecule has 1 heterocycles. The standard InChI is InChI=1S/C21H25N/c1-22-14-20-18(16-8-4-2-5-9-16)12-13-19(21(20)15-22)17-10-6-3-7-11-17/h2-11,18-21H,12-15H2,1H3/t18-,19+,20+,21-. The van der Waals surface area contributed by atoms with Gasteiger partial charge in [-0.15, -0.1) is 0 Å². The zero-order chi connectivity index (χ0) is 14.9. The molecule has 0 aromatic heterocycles. The van der Waals surface area contributed by atoms with Crippen molar-refractivity contribution in [3.8, 4) is 0 Å². The van der Waals surface area contributed by atoms with Crippen molar-refractivity contribution in [1.82, 2.24) is 4.90 Å². The highest BCUT2D eigenvalue weighted by Crippen LogP contribution is 2.51. The van der Waals surface area contributed by atoms with E-state index in [0.29, 0.717) is 0 Å². The van der Waals surface area contributed by atoms with Gasteiger partial charge in [0.05, 0.1) is 0 Å². The van der Waals surface area contributed by atoms with Gasteiger partial charge < -0.3 is 4.90 Å². The van der Waals surface area contributed by atoms with Crippen LogP contribution in [-0.4, -0.2) is 25.0 Å². The van der Waals surface area contributed by atoms with E-state index in [1.165, 1.54) is 25.9 Å². The number of nitrogens with zero attached hydrogens (tertiary/aromatic N) is 1. The molecule has 2 aliphatic rings. The summed E-state index contributed by atoms with van der Waals surface area (Å²) in [7, 11) is 2.29. The van der Waals surface area contributed by atoms with E-state index in [-0.39, 0.29) is 0 Å². The Morgan fingerprint density at radius 1 is 0.682 bits per heavy atom. The van der Waals surface area contributed by atoms with Crippen molar-refractivity contribution in [3.05, 3.63) is 71.8 Å². The molecule has 22 heavy (non-hydrogen) atoms. The third-order valence-corrected chi connectivity index (χ3v) is 5.87. The molecule has 0 unspecified atom stereocenters. The molecule has 1 aliphatic heterocycles. The Balaban J connectivity index is 1.64. The third kappa shape index (κ3) is 2.48. The first kappa shape index (κ1) is 14.0. The first-order chi connectivity index (χ1) is 10.8. The van der Waals surface area contributed by atoms with E-state index in [1.807, 2.05) is 0 Å². The lowest BCUT2D eigenvalue weighted by Crippen LogP contribution is -2.31. The van der Waals surface area contributed by atoms with Crippen molar-refractivity contribution in [1.29, 1.82) is 0 Å². The molecule has 4 rings (SSSR count). The normalized spacial score (nSPS) is 31.9. The van der Waals surface area contributed by atoms with Crippen LogP contribution in [0.4, 0.5) is 0 Å². The van der Waals surface area contributed by atoms with Gasteiger partial charge in [0.15, 0.2) is 0 Å². The van der Waals surface area contributed by atoms with Crippen LogP contribution < -0.4 is 0 Å². The highest BCUT2D eigenvalue weighted by atomic mass is 15.1. The van der Waals surface area contributed by atoms with E-state index < -0.39 is 0 Å². The zero-order valence-electron chi connectivity index (χ0n) is 13.4. The number of rotatable bonds is 2. The Bertz CT molecular complexity index is 551. The first-order valence-corrected chi connectivity index (χ1v) is 8.61. The lowest BCUT2D eigenvalue weighted by Gasteiger charge is -2.39. The van der Waals surface area contributed by atoms with Crippen molar-refractivity contribution in [2.75, 3.05) is 20.1 Å². The smallest absolute Gasteiger partial charge is 0.00159 e. The van der Waals surface area contributed by atoms with Crippen LogP contribution in [0.25, 0.3) is 0 Å². The Morgan fingerprint density at radius 3 is 1.50 bits per heavy atom. The first-order valence-electron chi connectivity index (χ1n) is 8.61. The van der Waals surface area contributed by atoms with Gasteiger partial charge in [-0.25, -0.2) is 0 Å². The minimum atomic E-state index is 0.746. The van der Waals surface area contributed by atoms with Crippen molar-refractivity contribution >= 4 is 0 Å². The van der Waals surface area contributed by atoms with E-state index in [1.54, 1.807) is 11.1 Å². The third-order valence-electron chi connectivity index (χ3n) is 5.87. The summed E-state index contributed by atoms with van der Waals surface area (Å²) in [4.78, 5) is 2.55. The molecule has 1 saturated carbocycles. The topological polar surface area (TPSA) is 3.24 Å².